The van der Waals surface area contributed by atoms with Crippen LogP contribution in [0.25, 0.3) is 31.9 Å². The minimum atomic E-state index is -0.268. The van der Waals surface area contributed by atoms with Crippen LogP contribution in [0.5, 0.6) is 0 Å². The van der Waals surface area contributed by atoms with Gasteiger partial charge >= 0.3 is 0 Å². The highest BCUT2D eigenvalue weighted by molar-refractivity contribution is 7.21. The third-order valence-electron chi connectivity index (χ3n) is 4.79. The van der Waals surface area contributed by atoms with Gasteiger partial charge in [-0.05, 0) is 55.2 Å². The van der Waals surface area contributed by atoms with E-state index < -0.39 is 0 Å². The molecule has 0 saturated heterocycles. The fourth-order valence-corrected chi connectivity index (χ4v) is 4.18. The van der Waals surface area contributed by atoms with Crippen molar-refractivity contribution in [1.29, 1.82) is 0 Å². The summed E-state index contributed by atoms with van der Waals surface area (Å²) in [5, 5.41) is 13.6. The van der Waals surface area contributed by atoms with Crippen molar-refractivity contribution >= 4 is 27.4 Å². The summed E-state index contributed by atoms with van der Waals surface area (Å²) in [6.45, 7) is 1.83. The summed E-state index contributed by atoms with van der Waals surface area (Å²) in [6.07, 6.45) is 3.28. The maximum absolute atomic E-state index is 9.49. The van der Waals surface area contributed by atoms with Crippen LogP contribution >= 0.6 is 11.3 Å². The van der Waals surface area contributed by atoms with Gasteiger partial charge in [-0.15, -0.1) is 11.3 Å². The summed E-state index contributed by atoms with van der Waals surface area (Å²) >= 11 is 1.71. The topological polar surface area (TPSA) is 58.0 Å². The van der Waals surface area contributed by atoms with Crippen LogP contribution in [0.15, 0.2) is 60.8 Å². The quantitative estimate of drug-likeness (QED) is 0.465. The number of thiazole rings is 1. The van der Waals surface area contributed by atoms with E-state index in [0.29, 0.717) is 0 Å². The number of nitrogens with zero attached hydrogens (tertiary/aromatic N) is 2. The number of hydrogen-bond acceptors (Lipinski definition) is 5. The van der Waals surface area contributed by atoms with E-state index in [-0.39, 0.29) is 6.10 Å². The van der Waals surface area contributed by atoms with E-state index in [0.717, 1.165) is 45.9 Å². The molecule has 2 aromatic carbocycles. The molecule has 0 unspecified atom stereocenters. The highest BCUT2D eigenvalue weighted by atomic mass is 32.1. The molecular formula is C23H23N3OS. The molecule has 0 fully saturated rings. The lowest BCUT2D eigenvalue weighted by atomic mass is 10.1. The number of hydrogen-bond donors (Lipinski definition) is 2. The SMILES string of the molecule is CNc1ccc(-c2ccc(-c3nc4ccc(CC[C@@H](C)O)cc4s3)cc2)cn1. The summed E-state index contributed by atoms with van der Waals surface area (Å²) in [5.41, 5.74) is 5.63. The zero-order chi connectivity index (χ0) is 19.5. The van der Waals surface area contributed by atoms with Gasteiger partial charge in [-0.25, -0.2) is 9.97 Å². The minimum Gasteiger partial charge on any atom is -0.393 e. The molecule has 5 heteroatoms. The first-order chi connectivity index (χ1) is 13.6. The Hall–Kier alpha value is -2.76. The van der Waals surface area contributed by atoms with Gasteiger partial charge in [-0.3, -0.25) is 0 Å². The van der Waals surface area contributed by atoms with Crippen LogP contribution in [0.3, 0.4) is 0 Å². The summed E-state index contributed by atoms with van der Waals surface area (Å²) in [4.78, 5) is 9.17. The molecule has 4 aromatic rings. The van der Waals surface area contributed by atoms with Gasteiger partial charge in [0, 0.05) is 24.4 Å². The number of aliphatic hydroxyl groups excluding tert-OH is 1. The first kappa shape index (κ1) is 18.6. The Morgan fingerprint density at radius 2 is 1.75 bits per heavy atom. The third kappa shape index (κ3) is 4.06. The number of aliphatic hydroxyl groups is 1. The van der Waals surface area contributed by atoms with Gasteiger partial charge in [0.15, 0.2) is 0 Å². The minimum absolute atomic E-state index is 0.268. The van der Waals surface area contributed by atoms with Crippen molar-refractivity contribution in [2.75, 3.05) is 12.4 Å². The molecule has 4 rings (SSSR count). The second-order valence-corrected chi connectivity index (χ2v) is 8.00. The Morgan fingerprint density at radius 1 is 1.00 bits per heavy atom. The van der Waals surface area contributed by atoms with Crippen molar-refractivity contribution in [2.24, 2.45) is 0 Å². The summed E-state index contributed by atoms with van der Waals surface area (Å²) in [5.74, 6) is 0.864. The van der Waals surface area contributed by atoms with E-state index in [1.54, 1.807) is 11.3 Å². The van der Waals surface area contributed by atoms with E-state index in [9.17, 15) is 5.11 Å². The fraction of sp³-hybridized carbons (Fsp3) is 0.217. The van der Waals surface area contributed by atoms with E-state index in [1.807, 2.05) is 26.2 Å². The van der Waals surface area contributed by atoms with Crippen LogP contribution in [0.2, 0.25) is 0 Å². The van der Waals surface area contributed by atoms with Crippen molar-refractivity contribution in [3.05, 3.63) is 66.4 Å². The number of fused-ring (bicyclic) bond motifs is 1. The van der Waals surface area contributed by atoms with E-state index in [2.05, 4.69) is 58.8 Å². The van der Waals surface area contributed by atoms with Crippen molar-refractivity contribution in [3.63, 3.8) is 0 Å². The fourth-order valence-electron chi connectivity index (χ4n) is 3.14. The number of aryl methyl sites for hydroxylation is 1. The van der Waals surface area contributed by atoms with Crippen LogP contribution < -0.4 is 5.32 Å². The number of aromatic nitrogens is 2. The van der Waals surface area contributed by atoms with Crippen LogP contribution in [0, 0.1) is 0 Å². The molecule has 0 spiro atoms. The van der Waals surface area contributed by atoms with Gasteiger partial charge in [-0.1, -0.05) is 30.3 Å². The molecule has 2 N–H and O–H groups in total. The van der Waals surface area contributed by atoms with Crippen molar-refractivity contribution in [2.45, 2.75) is 25.9 Å². The highest BCUT2D eigenvalue weighted by Crippen LogP contribution is 2.32. The molecule has 0 saturated carbocycles. The van der Waals surface area contributed by atoms with Crippen molar-refractivity contribution < 1.29 is 5.11 Å². The molecule has 28 heavy (non-hydrogen) atoms. The maximum atomic E-state index is 9.49. The summed E-state index contributed by atoms with van der Waals surface area (Å²) < 4.78 is 1.19. The van der Waals surface area contributed by atoms with Crippen molar-refractivity contribution in [3.8, 4) is 21.7 Å². The monoisotopic (exact) mass is 389 g/mol. The number of anilines is 1. The summed E-state index contributed by atoms with van der Waals surface area (Å²) in [7, 11) is 1.87. The smallest absolute Gasteiger partial charge is 0.125 e. The highest BCUT2D eigenvalue weighted by Gasteiger charge is 2.08. The summed E-state index contributed by atoms with van der Waals surface area (Å²) in [6, 6.07) is 18.9. The molecule has 2 heterocycles. The predicted molar refractivity (Wildman–Crippen MR) is 118 cm³/mol. The largest absolute Gasteiger partial charge is 0.393 e. The van der Waals surface area contributed by atoms with Gasteiger partial charge in [-0.2, -0.15) is 0 Å². The van der Waals surface area contributed by atoms with Gasteiger partial charge in [0.25, 0.3) is 0 Å². The first-order valence-corrected chi connectivity index (χ1v) is 10.3. The Kier molecular flexibility index (Phi) is 5.37. The number of rotatable bonds is 6. The first-order valence-electron chi connectivity index (χ1n) is 9.44. The van der Waals surface area contributed by atoms with Gasteiger partial charge in [0.05, 0.1) is 16.3 Å². The van der Waals surface area contributed by atoms with Gasteiger partial charge < -0.3 is 10.4 Å². The molecule has 0 aliphatic rings. The maximum Gasteiger partial charge on any atom is 0.125 e. The Labute approximate surface area is 168 Å². The van der Waals surface area contributed by atoms with Gasteiger partial charge in [0.1, 0.15) is 10.8 Å². The average Bonchev–Trinajstić information content (AvgIpc) is 3.16. The van der Waals surface area contributed by atoms with E-state index in [4.69, 9.17) is 4.98 Å². The van der Waals surface area contributed by atoms with Crippen LogP contribution in [-0.2, 0) is 6.42 Å². The second kappa shape index (κ2) is 8.09. The van der Waals surface area contributed by atoms with E-state index >= 15 is 0 Å². The van der Waals surface area contributed by atoms with E-state index in [1.165, 1.54) is 10.3 Å². The third-order valence-corrected chi connectivity index (χ3v) is 5.86. The molecule has 0 aliphatic carbocycles. The number of pyridine rings is 1. The number of nitrogens with one attached hydrogen (secondary N) is 1. The Morgan fingerprint density at radius 3 is 2.43 bits per heavy atom. The lowest BCUT2D eigenvalue weighted by molar-refractivity contribution is 0.185. The van der Waals surface area contributed by atoms with Crippen molar-refractivity contribution in [1.82, 2.24) is 9.97 Å². The molecule has 1 atom stereocenters. The lowest BCUT2D eigenvalue weighted by Gasteiger charge is -2.04. The molecular weight excluding hydrogens is 366 g/mol. The Balaban J connectivity index is 1.57. The molecule has 0 bridgehead atoms. The zero-order valence-corrected chi connectivity index (χ0v) is 16.8. The molecule has 142 valence electrons. The molecule has 0 aliphatic heterocycles. The van der Waals surface area contributed by atoms with Gasteiger partial charge in [0.2, 0.25) is 0 Å². The molecule has 0 amide bonds. The zero-order valence-electron chi connectivity index (χ0n) is 16.0. The van der Waals surface area contributed by atoms with Crippen LogP contribution in [-0.4, -0.2) is 28.2 Å². The molecule has 4 nitrogen and oxygen atoms in total. The predicted octanol–water partition coefficient (Wildman–Crippen LogP) is 5.38. The number of benzene rings is 2. The standard InChI is InChI=1S/C23H23N3OS/c1-15(27)3-4-16-5-11-20-21(13-16)28-23(26-20)18-8-6-17(7-9-18)19-10-12-22(24-2)25-14-19/h5-15,27H,3-4H2,1-2H3,(H,24,25)/t15-/m1/s1. The molecule has 2 aromatic heterocycles. The van der Waals surface area contributed by atoms with Crippen LogP contribution in [0.4, 0.5) is 5.82 Å². The molecule has 0 radical (unpaired) electrons. The Bertz CT molecular complexity index is 1070. The lowest BCUT2D eigenvalue weighted by Crippen LogP contribution is -2.01. The normalized spacial score (nSPS) is 12.2. The second-order valence-electron chi connectivity index (χ2n) is 6.97. The average molecular weight is 390 g/mol. The van der Waals surface area contributed by atoms with Crippen LogP contribution in [0.1, 0.15) is 18.9 Å².